The molecule has 4 aromatic rings. The van der Waals surface area contributed by atoms with Crippen LogP contribution in [0.5, 0.6) is 5.75 Å². The van der Waals surface area contributed by atoms with Gasteiger partial charge in [0, 0.05) is 15.4 Å². The van der Waals surface area contributed by atoms with Crippen molar-refractivity contribution < 1.29 is 23.1 Å². The average Bonchev–Trinajstić information content (AvgIpc) is 3.17. The second kappa shape index (κ2) is 9.36. The van der Waals surface area contributed by atoms with Gasteiger partial charge in [-0.15, -0.1) is 0 Å². The van der Waals surface area contributed by atoms with E-state index in [9.17, 15) is 14.0 Å². The molecule has 1 atom stereocenters. The number of para-hydroxylation sites is 2. The zero-order valence-corrected chi connectivity index (χ0v) is 18.7. The normalized spacial score (nSPS) is 11.8. The third-order valence-electron chi connectivity index (χ3n) is 4.93. The minimum absolute atomic E-state index is 0.0160. The number of benzene rings is 3. The van der Waals surface area contributed by atoms with Gasteiger partial charge >= 0.3 is 0 Å². The molecule has 4 rings (SSSR count). The molecular formula is C25H19BrFNO4. The van der Waals surface area contributed by atoms with Crippen molar-refractivity contribution in [3.8, 4) is 5.75 Å². The predicted molar refractivity (Wildman–Crippen MR) is 124 cm³/mol. The van der Waals surface area contributed by atoms with Crippen LogP contribution in [-0.2, 0) is 4.79 Å². The molecule has 3 aromatic carbocycles. The Morgan fingerprint density at radius 1 is 1.03 bits per heavy atom. The van der Waals surface area contributed by atoms with Gasteiger partial charge in [-0.25, -0.2) is 4.39 Å². The molecule has 0 radical (unpaired) electrons. The molecule has 0 fully saturated rings. The fourth-order valence-electron chi connectivity index (χ4n) is 3.28. The van der Waals surface area contributed by atoms with Gasteiger partial charge in [0.15, 0.2) is 23.4 Å². The highest BCUT2D eigenvalue weighted by Gasteiger charge is 2.27. The van der Waals surface area contributed by atoms with Crippen LogP contribution in [0.25, 0.3) is 11.0 Å². The lowest BCUT2D eigenvalue weighted by Gasteiger charge is -2.17. The van der Waals surface area contributed by atoms with Gasteiger partial charge in [0.25, 0.3) is 5.91 Å². The quantitative estimate of drug-likeness (QED) is 0.303. The maximum absolute atomic E-state index is 14.0. The fourth-order valence-corrected chi connectivity index (χ4v) is 3.55. The first-order valence-electron chi connectivity index (χ1n) is 10.0. The summed E-state index contributed by atoms with van der Waals surface area (Å²) in [6, 6.07) is 19.8. The van der Waals surface area contributed by atoms with E-state index in [1.165, 1.54) is 12.1 Å². The van der Waals surface area contributed by atoms with Gasteiger partial charge in [0.2, 0.25) is 5.78 Å². The molecule has 1 amide bonds. The van der Waals surface area contributed by atoms with Crippen LogP contribution in [0.1, 0.15) is 29.5 Å². The van der Waals surface area contributed by atoms with E-state index in [4.69, 9.17) is 9.15 Å². The number of carbonyl (C=O) groups excluding carboxylic acids is 2. The monoisotopic (exact) mass is 495 g/mol. The van der Waals surface area contributed by atoms with Crippen molar-refractivity contribution in [3.05, 3.63) is 94.4 Å². The third kappa shape index (κ3) is 4.43. The van der Waals surface area contributed by atoms with Gasteiger partial charge in [-0.05, 0) is 55.0 Å². The molecule has 0 spiro atoms. The van der Waals surface area contributed by atoms with E-state index in [-0.39, 0.29) is 23.0 Å². The number of rotatable bonds is 7. The summed E-state index contributed by atoms with van der Waals surface area (Å²) in [4.78, 5) is 26.2. The Morgan fingerprint density at radius 3 is 2.44 bits per heavy atom. The Balaban J connectivity index is 1.67. The molecule has 1 heterocycles. The topological polar surface area (TPSA) is 68.5 Å². The maximum Gasteiger partial charge on any atom is 0.265 e. The maximum atomic E-state index is 14.0. The van der Waals surface area contributed by atoms with E-state index in [1.807, 2.05) is 0 Å². The smallest absolute Gasteiger partial charge is 0.265 e. The molecule has 7 heteroatoms. The first kappa shape index (κ1) is 21.8. The Bertz CT molecular complexity index is 1280. The number of carbonyl (C=O) groups is 2. The summed E-state index contributed by atoms with van der Waals surface area (Å²) in [6.07, 6.45) is -0.664. The van der Waals surface area contributed by atoms with Crippen LogP contribution in [0.3, 0.4) is 0 Å². The molecule has 0 saturated carbocycles. The van der Waals surface area contributed by atoms with E-state index in [0.29, 0.717) is 23.0 Å². The second-order valence-corrected chi connectivity index (χ2v) is 7.99. The van der Waals surface area contributed by atoms with E-state index in [1.54, 1.807) is 67.6 Å². The lowest BCUT2D eigenvalue weighted by molar-refractivity contribution is -0.122. The van der Waals surface area contributed by atoms with Crippen molar-refractivity contribution in [2.24, 2.45) is 0 Å². The SMILES string of the molecule is CC[C@@H](Oc1ccccc1F)C(=O)Nc1c(C(=O)c2ccc(Br)cc2)oc2ccccc12. The average molecular weight is 496 g/mol. The summed E-state index contributed by atoms with van der Waals surface area (Å²) in [6.45, 7) is 1.76. The summed E-state index contributed by atoms with van der Waals surface area (Å²) in [5.74, 6) is -1.43. The molecule has 32 heavy (non-hydrogen) atoms. The fraction of sp³-hybridized carbons (Fsp3) is 0.120. The highest BCUT2D eigenvalue weighted by Crippen LogP contribution is 2.33. The molecule has 162 valence electrons. The molecule has 0 unspecified atom stereocenters. The summed E-state index contributed by atoms with van der Waals surface area (Å²) in [5, 5.41) is 3.36. The zero-order chi connectivity index (χ0) is 22.7. The minimum atomic E-state index is -0.962. The van der Waals surface area contributed by atoms with Crippen molar-refractivity contribution in [2.75, 3.05) is 5.32 Å². The molecule has 0 aliphatic carbocycles. The van der Waals surface area contributed by atoms with E-state index < -0.39 is 17.8 Å². The predicted octanol–water partition coefficient (Wildman–Crippen LogP) is 6.36. The third-order valence-corrected chi connectivity index (χ3v) is 5.45. The number of nitrogens with one attached hydrogen (secondary N) is 1. The summed E-state index contributed by atoms with van der Waals surface area (Å²) in [5.41, 5.74) is 1.14. The van der Waals surface area contributed by atoms with Crippen LogP contribution < -0.4 is 10.1 Å². The van der Waals surface area contributed by atoms with Crippen LogP contribution in [0.4, 0.5) is 10.1 Å². The van der Waals surface area contributed by atoms with Gasteiger partial charge in [-0.2, -0.15) is 0 Å². The van der Waals surface area contributed by atoms with Gasteiger partial charge in [-0.1, -0.05) is 47.1 Å². The summed E-state index contributed by atoms with van der Waals surface area (Å²) >= 11 is 3.35. The number of halogens is 2. The van der Waals surface area contributed by atoms with E-state index >= 15 is 0 Å². The number of hydrogen-bond donors (Lipinski definition) is 1. The first-order valence-corrected chi connectivity index (χ1v) is 10.8. The Morgan fingerprint density at radius 2 is 1.72 bits per heavy atom. The number of hydrogen-bond acceptors (Lipinski definition) is 4. The number of anilines is 1. The Labute approximate surface area is 192 Å². The molecule has 1 N–H and O–H groups in total. The second-order valence-electron chi connectivity index (χ2n) is 7.07. The number of furan rings is 1. The number of fused-ring (bicyclic) bond motifs is 1. The van der Waals surface area contributed by atoms with Crippen LogP contribution >= 0.6 is 15.9 Å². The zero-order valence-electron chi connectivity index (χ0n) is 17.1. The van der Waals surface area contributed by atoms with Crippen LogP contribution in [0.2, 0.25) is 0 Å². The van der Waals surface area contributed by atoms with Crippen molar-refractivity contribution >= 4 is 44.3 Å². The molecule has 0 saturated heterocycles. The Kier molecular flexibility index (Phi) is 6.37. The number of ketones is 1. The van der Waals surface area contributed by atoms with Crippen LogP contribution in [0.15, 0.2) is 81.7 Å². The molecule has 0 aliphatic heterocycles. The molecule has 1 aromatic heterocycles. The van der Waals surface area contributed by atoms with Crippen LogP contribution in [-0.4, -0.2) is 17.8 Å². The highest BCUT2D eigenvalue weighted by molar-refractivity contribution is 9.10. The number of ether oxygens (including phenoxy) is 1. The van der Waals surface area contributed by atoms with Gasteiger partial charge < -0.3 is 14.5 Å². The van der Waals surface area contributed by atoms with Crippen molar-refractivity contribution in [1.82, 2.24) is 0 Å². The van der Waals surface area contributed by atoms with Gasteiger partial charge in [0.05, 0.1) is 5.69 Å². The first-order chi connectivity index (χ1) is 15.5. The molecule has 0 aliphatic rings. The molecule has 5 nitrogen and oxygen atoms in total. The van der Waals surface area contributed by atoms with Gasteiger partial charge in [-0.3, -0.25) is 9.59 Å². The highest BCUT2D eigenvalue weighted by atomic mass is 79.9. The van der Waals surface area contributed by atoms with Crippen molar-refractivity contribution in [1.29, 1.82) is 0 Å². The molecule has 0 bridgehead atoms. The summed E-state index contributed by atoms with van der Waals surface area (Å²) < 4.78 is 26.3. The Hall–Kier alpha value is -3.45. The van der Waals surface area contributed by atoms with Crippen molar-refractivity contribution in [3.63, 3.8) is 0 Å². The molecular weight excluding hydrogens is 477 g/mol. The van der Waals surface area contributed by atoms with E-state index in [0.717, 1.165) is 4.47 Å². The van der Waals surface area contributed by atoms with Crippen LogP contribution in [0, 0.1) is 5.82 Å². The minimum Gasteiger partial charge on any atom is -0.478 e. The lowest BCUT2D eigenvalue weighted by atomic mass is 10.1. The summed E-state index contributed by atoms with van der Waals surface area (Å²) in [7, 11) is 0. The van der Waals surface area contributed by atoms with E-state index in [2.05, 4.69) is 21.2 Å². The number of amides is 1. The largest absolute Gasteiger partial charge is 0.478 e. The van der Waals surface area contributed by atoms with Crippen molar-refractivity contribution in [2.45, 2.75) is 19.4 Å². The standard InChI is InChI=1S/C25H19BrFNO4/c1-2-19(31-21-10-6-4-8-18(21)27)25(30)28-22-17-7-3-5-9-20(17)32-24(22)23(29)15-11-13-16(26)14-12-15/h3-14,19H,2H2,1H3,(H,28,30)/t19-/m1/s1. The van der Waals surface area contributed by atoms with Gasteiger partial charge in [0.1, 0.15) is 5.58 Å². The lowest BCUT2D eigenvalue weighted by Crippen LogP contribution is -2.33.